The van der Waals surface area contributed by atoms with Crippen LogP contribution < -0.4 is 21.3 Å². The number of carbonyl (C=O) groups excluding carboxylic acids is 4. The molecule has 0 radical (unpaired) electrons. The number of nitrogens with zero attached hydrogens (tertiary/aromatic N) is 3. The number of likely N-dealkylation sites (tertiary alicyclic amines) is 1. The van der Waals surface area contributed by atoms with Crippen LogP contribution >= 0.6 is 11.3 Å². The summed E-state index contributed by atoms with van der Waals surface area (Å²) in [4.78, 5) is 64.1. The summed E-state index contributed by atoms with van der Waals surface area (Å²) in [7, 11) is 0. The van der Waals surface area contributed by atoms with Crippen molar-refractivity contribution in [2.24, 2.45) is 5.41 Å². The van der Waals surface area contributed by atoms with Crippen molar-refractivity contribution in [3.05, 3.63) is 64.9 Å². The fourth-order valence-corrected chi connectivity index (χ4v) is 6.38. The van der Waals surface area contributed by atoms with Gasteiger partial charge in [0.05, 0.1) is 28.2 Å². The molecule has 1 aliphatic heterocycles. The zero-order valence-electron chi connectivity index (χ0n) is 30.0. The molecule has 0 aliphatic carbocycles. The molecule has 1 aliphatic rings. The number of pyridine rings is 1. The number of aliphatic hydroxyl groups is 1. The van der Waals surface area contributed by atoms with Crippen LogP contribution in [0.15, 0.2) is 48.1 Å². The molecule has 4 rings (SSSR count). The Hall–Kier alpha value is -4.56. The number of carbonyl (C=O) groups is 4. The van der Waals surface area contributed by atoms with Gasteiger partial charge in [-0.3, -0.25) is 14.4 Å². The van der Waals surface area contributed by atoms with E-state index < -0.39 is 47.1 Å². The van der Waals surface area contributed by atoms with Crippen LogP contribution in [0.25, 0.3) is 10.4 Å². The maximum absolute atomic E-state index is 14.1. The van der Waals surface area contributed by atoms with Crippen molar-refractivity contribution in [3.8, 4) is 10.4 Å². The van der Waals surface area contributed by atoms with Crippen LogP contribution in [0.2, 0.25) is 0 Å². The zero-order valence-corrected chi connectivity index (χ0v) is 30.8. The van der Waals surface area contributed by atoms with Crippen molar-refractivity contribution in [3.63, 3.8) is 0 Å². The van der Waals surface area contributed by atoms with E-state index in [-0.39, 0.29) is 37.0 Å². The van der Waals surface area contributed by atoms with Gasteiger partial charge in [-0.15, -0.1) is 11.3 Å². The number of ether oxygens (including phenoxy) is 1. The Labute approximate surface area is 297 Å². The molecule has 0 bridgehead atoms. The third kappa shape index (κ3) is 10.2. The molecule has 4 atom stereocenters. The Balaban J connectivity index is 1.39. The lowest BCUT2D eigenvalue weighted by Gasteiger charge is -2.35. The van der Waals surface area contributed by atoms with Crippen molar-refractivity contribution >= 4 is 41.0 Å². The van der Waals surface area contributed by atoms with Gasteiger partial charge in [0, 0.05) is 37.8 Å². The number of amides is 4. The van der Waals surface area contributed by atoms with Gasteiger partial charge in [0.25, 0.3) is 5.91 Å². The number of aromatic nitrogens is 2. The van der Waals surface area contributed by atoms with Gasteiger partial charge in [0.1, 0.15) is 23.5 Å². The number of hydrogen-bond donors (Lipinski definition) is 5. The normalized spacial score (nSPS) is 17.4. The molecule has 1 saturated heterocycles. The molecule has 1 aromatic carbocycles. The summed E-state index contributed by atoms with van der Waals surface area (Å²) in [6.07, 6.45) is 0.132. The summed E-state index contributed by atoms with van der Waals surface area (Å²) in [6, 6.07) is 8.73. The Morgan fingerprint density at radius 1 is 1.02 bits per heavy atom. The smallest absolute Gasteiger partial charge is 0.407 e. The Morgan fingerprint density at radius 3 is 2.34 bits per heavy atom. The van der Waals surface area contributed by atoms with Gasteiger partial charge in [0.15, 0.2) is 0 Å². The van der Waals surface area contributed by atoms with Crippen LogP contribution in [0, 0.1) is 12.3 Å². The number of aryl methyl sites for hydroxylation is 1. The van der Waals surface area contributed by atoms with Crippen LogP contribution in [0.3, 0.4) is 0 Å². The van der Waals surface area contributed by atoms with E-state index in [1.54, 1.807) is 38.2 Å². The number of benzene rings is 1. The molecule has 0 spiro atoms. The molecule has 2 aromatic heterocycles. The summed E-state index contributed by atoms with van der Waals surface area (Å²) in [5, 5.41) is 22.2. The first-order chi connectivity index (χ1) is 23.4. The minimum atomic E-state index is -1.00. The zero-order chi connectivity index (χ0) is 36.8. The average molecular weight is 708 g/mol. The minimum absolute atomic E-state index is 0.0305. The molecule has 4 amide bonds. The number of anilines is 1. The average Bonchev–Trinajstić information content (AvgIpc) is 3.65. The molecule has 3 heterocycles. The predicted molar refractivity (Wildman–Crippen MR) is 193 cm³/mol. The molecule has 50 heavy (non-hydrogen) atoms. The molecule has 14 heteroatoms. The van der Waals surface area contributed by atoms with E-state index in [0.717, 1.165) is 21.7 Å². The molecule has 3 aromatic rings. The monoisotopic (exact) mass is 707 g/mol. The Bertz CT molecular complexity index is 1660. The van der Waals surface area contributed by atoms with Crippen molar-refractivity contribution in [1.82, 2.24) is 30.8 Å². The second kappa shape index (κ2) is 16.0. The topological polar surface area (TPSA) is 175 Å². The van der Waals surface area contributed by atoms with Gasteiger partial charge >= 0.3 is 6.09 Å². The van der Waals surface area contributed by atoms with Crippen LogP contribution in [0.5, 0.6) is 0 Å². The molecule has 13 nitrogen and oxygen atoms in total. The third-order valence-electron chi connectivity index (χ3n) is 8.15. The Morgan fingerprint density at radius 2 is 1.72 bits per heavy atom. The highest BCUT2D eigenvalue weighted by Crippen LogP contribution is 2.30. The minimum Gasteiger partial charge on any atom is -0.444 e. The number of rotatable bonds is 11. The summed E-state index contributed by atoms with van der Waals surface area (Å²) in [5.41, 5.74) is 3.65. The van der Waals surface area contributed by atoms with Crippen LogP contribution in [-0.2, 0) is 14.3 Å². The maximum atomic E-state index is 14.1. The van der Waals surface area contributed by atoms with Gasteiger partial charge in [-0.25, -0.2) is 14.8 Å². The van der Waals surface area contributed by atoms with E-state index >= 15 is 0 Å². The van der Waals surface area contributed by atoms with E-state index in [1.165, 1.54) is 17.2 Å². The summed E-state index contributed by atoms with van der Waals surface area (Å²) < 4.78 is 5.22. The lowest BCUT2D eigenvalue weighted by molar-refractivity contribution is -0.142. The van der Waals surface area contributed by atoms with Gasteiger partial charge in [-0.2, -0.15) is 0 Å². The first-order valence-electron chi connectivity index (χ1n) is 16.7. The van der Waals surface area contributed by atoms with Crippen molar-refractivity contribution in [2.45, 2.75) is 91.6 Å². The largest absolute Gasteiger partial charge is 0.444 e. The lowest BCUT2D eigenvalue weighted by Crippen LogP contribution is -2.57. The molecule has 5 N–H and O–H groups in total. The highest BCUT2D eigenvalue weighted by molar-refractivity contribution is 7.13. The number of aliphatic hydroxyl groups excluding tert-OH is 1. The van der Waals surface area contributed by atoms with Crippen molar-refractivity contribution in [2.75, 3.05) is 25.0 Å². The molecule has 0 saturated carbocycles. The fraction of sp³-hybridized carbons (Fsp3) is 0.500. The van der Waals surface area contributed by atoms with Gasteiger partial charge < -0.3 is 36.0 Å². The summed E-state index contributed by atoms with van der Waals surface area (Å²) in [6.45, 7) is 15.2. The van der Waals surface area contributed by atoms with E-state index in [1.807, 2.05) is 64.4 Å². The quantitative estimate of drug-likeness (QED) is 0.181. The van der Waals surface area contributed by atoms with E-state index in [2.05, 4.69) is 31.2 Å². The van der Waals surface area contributed by atoms with Crippen LogP contribution in [-0.4, -0.2) is 87.2 Å². The van der Waals surface area contributed by atoms with Crippen LogP contribution in [0.1, 0.15) is 82.5 Å². The molecule has 270 valence electrons. The van der Waals surface area contributed by atoms with Crippen molar-refractivity contribution < 1.29 is 29.0 Å². The summed E-state index contributed by atoms with van der Waals surface area (Å²) >= 11 is 1.57. The first kappa shape index (κ1) is 38.2. The van der Waals surface area contributed by atoms with Crippen molar-refractivity contribution in [1.29, 1.82) is 0 Å². The number of β-amino-alcohol motifs (C(OH)–C–C–N with tert-alkyl or cyclic N) is 1. The molecule has 1 fully saturated rings. The van der Waals surface area contributed by atoms with Crippen LogP contribution in [0.4, 0.5) is 10.6 Å². The predicted octanol–water partition coefficient (Wildman–Crippen LogP) is 4.43. The molecular formula is C36H49N7O6S. The number of hydrogen-bond acceptors (Lipinski definition) is 10. The first-order valence-corrected chi connectivity index (χ1v) is 17.6. The SMILES string of the molecule is Cc1ncsc1-c1ccc([C@H](C)NC(=O)[C@@H]2C[C@@H](O)CN2C(=O)[C@@H](NC(=O)c2ccnc(NCCNC(=O)OC(C)(C)C)c2)C(C)(C)C)cc1. The van der Waals surface area contributed by atoms with E-state index in [9.17, 15) is 24.3 Å². The number of alkyl carbamates (subject to hydrolysis) is 1. The number of nitrogens with one attached hydrogen (secondary N) is 4. The van der Waals surface area contributed by atoms with E-state index in [0.29, 0.717) is 12.4 Å². The maximum Gasteiger partial charge on any atom is 0.407 e. The molecular weight excluding hydrogens is 659 g/mol. The molecule has 0 unspecified atom stereocenters. The summed E-state index contributed by atoms with van der Waals surface area (Å²) in [5.74, 6) is -0.930. The third-order valence-corrected chi connectivity index (χ3v) is 9.13. The van der Waals surface area contributed by atoms with E-state index in [4.69, 9.17) is 4.74 Å². The highest BCUT2D eigenvalue weighted by Gasteiger charge is 2.44. The van der Waals surface area contributed by atoms with Gasteiger partial charge in [0.2, 0.25) is 11.8 Å². The second-order valence-electron chi connectivity index (χ2n) is 14.6. The van der Waals surface area contributed by atoms with Gasteiger partial charge in [-0.05, 0) is 63.3 Å². The highest BCUT2D eigenvalue weighted by atomic mass is 32.1. The number of thiazole rings is 1. The standard InChI is InChI=1S/C36H49N7O6S/c1-21(23-9-11-24(12-10-23)29-22(2)40-20-50-29)41-32(46)27-18-26(44)19-43(27)33(47)30(35(3,4)5)42-31(45)25-13-14-37-28(17-25)38-15-16-39-34(48)49-36(6,7)8/h9-14,17,20-21,26-27,30,44H,15-16,18-19H2,1-8H3,(H,37,38)(H,39,48)(H,41,46)(H,42,45)/t21-,26+,27-,30+/m0/s1. The lowest BCUT2D eigenvalue weighted by atomic mass is 9.85. The van der Waals surface area contributed by atoms with Gasteiger partial charge in [-0.1, -0.05) is 45.0 Å². The fourth-order valence-electron chi connectivity index (χ4n) is 5.57. The Kier molecular flexibility index (Phi) is 12.2. The second-order valence-corrected chi connectivity index (χ2v) is 15.4.